The number of rotatable bonds is 5. The van der Waals surface area contributed by atoms with Crippen molar-refractivity contribution in [3.8, 4) is 0 Å². The zero-order valence-corrected chi connectivity index (χ0v) is 19.1. The van der Waals surface area contributed by atoms with Gasteiger partial charge in [-0.2, -0.15) is 0 Å². The molecule has 1 nitrogen and oxygen atoms in total. The van der Waals surface area contributed by atoms with Crippen molar-refractivity contribution in [2.75, 3.05) is 0 Å². The van der Waals surface area contributed by atoms with Crippen LogP contribution < -0.4 is 0 Å². The molecule has 0 aliphatic heterocycles. The van der Waals surface area contributed by atoms with E-state index in [9.17, 15) is 5.11 Å². The van der Waals surface area contributed by atoms with Crippen LogP contribution in [0.1, 0.15) is 98.8 Å². The SMILES string of the molecule is CC(C)CCCC(C)C1CCC2C3=CC=C4C[C@@H](O)CCC4(C)C3CCC21C. The second-order valence-corrected chi connectivity index (χ2v) is 11.8. The van der Waals surface area contributed by atoms with Crippen molar-refractivity contribution in [2.45, 2.75) is 105 Å². The van der Waals surface area contributed by atoms with Gasteiger partial charge in [0.15, 0.2) is 0 Å². The molecule has 0 bridgehead atoms. The van der Waals surface area contributed by atoms with E-state index in [4.69, 9.17) is 0 Å². The maximum atomic E-state index is 10.2. The highest BCUT2D eigenvalue weighted by Crippen LogP contribution is 2.66. The average molecular weight is 385 g/mol. The third kappa shape index (κ3) is 3.34. The number of hydrogen-bond acceptors (Lipinski definition) is 1. The summed E-state index contributed by atoms with van der Waals surface area (Å²) >= 11 is 0. The fraction of sp³-hybridized carbons (Fsp3) is 0.852. The van der Waals surface area contributed by atoms with Crippen LogP contribution in [0.15, 0.2) is 23.3 Å². The molecule has 0 heterocycles. The van der Waals surface area contributed by atoms with Crippen molar-refractivity contribution in [3.05, 3.63) is 23.3 Å². The van der Waals surface area contributed by atoms with Crippen LogP contribution in [0.2, 0.25) is 0 Å². The van der Waals surface area contributed by atoms with Gasteiger partial charge < -0.3 is 5.11 Å². The Bertz CT molecular complexity index is 643. The summed E-state index contributed by atoms with van der Waals surface area (Å²) in [5.41, 5.74) is 4.19. The number of aliphatic hydroxyl groups is 1. The van der Waals surface area contributed by atoms with Crippen molar-refractivity contribution in [1.82, 2.24) is 0 Å². The molecule has 0 aromatic rings. The molecular weight excluding hydrogens is 340 g/mol. The second-order valence-electron chi connectivity index (χ2n) is 11.8. The van der Waals surface area contributed by atoms with Gasteiger partial charge in [0, 0.05) is 0 Å². The first kappa shape index (κ1) is 20.7. The Labute approximate surface area is 174 Å². The smallest absolute Gasteiger partial charge is 0.0578 e. The highest BCUT2D eigenvalue weighted by molar-refractivity contribution is 5.38. The number of aliphatic hydroxyl groups excluding tert-OH is 1. The van der Waals surface area contributed by atoms with E-state index < -0.39 is 0 Å². The molecule has 4 aliphatic rings. The minimum Gasteiger partial charge on any atom is -0.393 e. The monoisotopic (exact) mass is 384 g/mol. The zero-order chi connectivity index (χ0) is 20.1. The first-order valence-corrected chi connectivity index (χ1v) is 12.3. The van der Waals surface area contributed by atoms with Crippen LogP contribution in [0, 0.1) is 40.4 Å². The molecule has 4 aliphatic carbocycles. The van der Waals surface area contributed by atoms with Crippen LogP contribution >= 0.6 is 0 Å². The first-order valence-electron chi connectivity index (χ1n) is 12.3. The lowest BCUT2D eigenvalue weighted by atomic mass is 9.50. The van der Waals surface area contributed by atoms with E-state index in [1.165, 1.54) is 51.4 Å². The maximum Gasteiger partial charge on any atom is 0.0578 e. The van der Waals surface area contributed by atoms with Crippen LogP contribution in [-0.4, -0.2) is 11.2 Å². The Kier molecular flexibility index (Phi) is 5.62. The normalized spacial score (nSPS) is 43.7. The van der Waals surface area contributed by atoms with Crippen LogP contribution in [0.4, 0.5) is 0 Å². The highest BCUT2D eigenvalue weighted by Gasteiger charge is 2.56. The fourth-order valence-corrected chi connectivity index (χ4v) is 8.01. The van der Waals surface area contributed by atoms with Gasteiger partial charge in [0.05, 0.1) is 6.10 Å². The van der Waals surface area contributed by atoms with Crippen LogP contribution in [0.25, 0.3) is 0 Å². The van der Waals surface area contributed by atoms with E-state index in [0.29, 0.717) is 10.8 Å². The molecule has 1 heteroatoms. The predicted octanol–water partition coefficient (Wildman–Crippen LogP) is 7.31. The van der Waals surface area contributed by atoms with Gasteiger partial charge in [-0.15, -0.1) is 0 Å². The summed E-state index contributed by atoms with van der Waals surface area (Å²) in [7, 11) is 0. The summed E-state index contributed by atoms with van der Waals surface area (Å²) in [5.74, 6) is 4.19. The number of allylic oxidation sites excluding steroid dienone is 3. The lowest BCUT2D eigenvalue weighted by molar-refractivity contribution is 0.0323. The molecule has 0 amide bonds. The molecule has 0 aromatic heterocycles. The lowest BCUT2D eigenvalue weighted by Crippen LogP contribution is -2.46. The summed E-state index contributed by atoms with van der Waals surface area (Å²) in [6.07, 6.45) is 17.8. The summed E-state index contributed by atoms with van der Waals surface area (Å²) in [6, 6.07) is 0. The molecule has 0 aromatic carbocycles. The van der Waals surface area contributed by atoms with Gasteiger partial charge in [-0.05, 0) is 85.4 Å². The third-order valence-corrected chi connectivity index (χ3v) is 9.75. The van der Waals surface area contributed by atoms with E-state index in [2.05, 4.69) is 46.8 Å². The first-order chi connectivity index (χ1) is 13.3. The summed E-state index contributed by atoms with van der Waals surface area (Å²) < 4.78 is 0. The van der Waals surface area contributed by atoms with Crippen molar-refractivity contribution < 1.29 is 5.11 Å². The molecule has 28 heavy (non-hydrogen) atoms. The van der Waals surface area contributed by atoms with E-state index in [1.807, 2.05) is 0 Å². The summed E-state index contributed by atoms with van der Waals surface area (Å²) in [4.78, 5) is 0. The minimum atomic E-state index is -0.106. The van der Waals surface area contributed by atoms with Crippen LogP contribution in [-0.2, 0) is 0 Å². The van der Waals surface area contributed by atoms with Gasteiger partial charge in [0.1, 0.15) is 0 Å². The molecular formula is C27H44O. The van der Waals surface area contributed by atoms with Gasteiger partial charge in [-0.3, -0.25) is 0 Å². The van der Waals surface area contributed by atoms with Crippen molar-refractivity contribution in [1.29, 1.82) is 0 Å². The standard InChI is InChI=1S/C27H44O/c1-18(2)7-6-8-19(3)23-11-12-24-22-10-9-20-17-21(28)13-15-26(20,4)25(22)14-16-27(23,24)5/h9-10,18-19,21,23-25,28H,6-8,11-17H2,1-5H3/t19?,21-,23?,24?,25?,26?,27?/m0/s1. The molecule has 7 atom stereocenters. The van der Waals surface area contributed by atoms with E-state index in [0.717, 1.165) is 42.4 Å². The van der Waals surface area contributed by atoms with Gasteiger partial charge in [0.25, 0.3) is 0 Å². The minimum absolute atomic E-state index is 0.106. The zero-order valence-electron chi connectivity index (χ0n) is 19.1. The molecule has 4 rings (SSSR count). The van der Waals surface area contributed by atoms with Crippen molar-refractivity contribution in [2.24, 2.45) is 40.4 Å². The second kappa shape index (κ2) is 7.60. The number of hydrogen-bond donors (Lipinski definition) is 1. The van der Waals surface area contributed by atoms with E-state index in [-0.39, 0.29) is 6.10 Å². The highest BCUT2D eigenvalue weighted by atomic mass is 16.3. The Morgan fingerprint density at radius 1 is 0.964 bits per heavy atom. The third-order valence-electron chi connectivity index (χ3n) is 9.75. The Balaban J connectivity index is 1.53. The molecule has 3 saturated carbocycles. The largest absolute Gasteiger partial charge is 0.393 e. The molecule has 6 unspecified atom stereocenters. The molecule has 1 N–H and O–H groups in total. The molecule has 0 radical (unpaired) electrons. The topological polar surface area (TPSA) is 20.2 Å². The molecule has 0 saturated heterocycles. The van der Waals surface area contributed by atoms with Gasteiger partial charge >= 0.3 is 0 Å². The predicted molar refractivity (Wildman–Crippen MR) is 119 cm³/mol. The average Bonchev–Trinajstić information content (AvgIpc) is 2.99. The van der Waals surface area contributed by atoms with Crippen LogP contribution in [0.3, 0.4) is 0 Å². The van der Waals surface area contributed by atoms with E-state index in [1.54, 1.807) is 11.1 Å². The van der Waals surface area contributed by atoms with E-state index >= 15 is 0 Å². The van der Waals surface area contributed by atoms with Gasteiger partial charge in [-0.25, -0.2) is 0 Å². The van der Waals surface area contributed by atoms with Crippen molar-refractivity contribution >= 4 is 0 Å². The molecule has 158 valence electrons. The van der Waals surface area contributed by atoms with Gasteiger partial charge in [-0.1, -0.05) is 77.2 Å². The summed E-state index contributed by atoms with van der Waals surface area (Å²) in [6.45, 7) is 12.5. The molecule has 3 fully saturated rings. The fourth-order valence-electron chi connectivity index (χ4n) is 8.01. The number of fused-ring (bicyclic) bond motifs is 5. The lowest BCUT2D eigenvalue weighted by Gasteiger charge is -2.55. The molecule has 0 spiro atoms. The van der Waals surface area contributed by atoms with Crippen molar-refractivity contribution in [3.63, 3.8) is 0 Å². The Morgan fingerprint density at radius 2 is 1.75 bits per heavy atom. The quantitative estimate of drug-likeness (QED) is 0.527. The Morgan fingerprint density at radius 3 is 2.50 bits per heavy atom. The van der Waals surface area contributed by atoms with Gasteiger partial charge in [0.2, 0.25) is 0 Å². The maximum absolute atomic E-state index is 10.2. The Hall–Kier alpha value is -0.560. The summed E-state index contributed by atoms with van der Waals surface area (Å²) in [5, 5.41) is 10.2. The van der Waals surface area contributed by atoms with Crippen LogP contribution in [0.5, 0.6) is 0 Å².